The molecule has 150 valence electrons. The van der Waals surface area contributed by atoms with E-state index in [2.05, 4.69) is 0 Å². The SMILES string of the molecule is COC(=O)C[C@@H](c1ccc(O)cc1)c1oc(CSc2ccccc2)cc(=O)c1O. The largest absolute Gasteiger partial charge is 0.508 e. The van der Waals surface area contributed by atoms with Crippen molar-refractivity contribution in [1.29, 1.82) is 0 Å². The molecule has 6 nitrogen and oxygen atoms in total. The van der Waals surface area contributed by atoms with Gasteiger partial charge in [0.2, 0.25) is 11.2 Å². The maximum absolute atomic E-state index is 12.3. The third-order valence-corrected chi connectivity index (χ3v) is 5.37. The number of aromatic hydroxyl groups is 2. The Balaban J connectivity index is 1.97. The molecular weight excluding hydrogens is 392 g/mol. The summed E-state index contributed by atoms with van der Waals surface area (Å²) < 4.78 is 10.6. The second-order valence-corrected chi connectivity index (χ2v) is 7.36. The molecule has 0 saturated heterocycles. The Bertz CT molecular complexity index is 1030. The first kappa shape index (κ1) is 20.5. The van der Waals surface area contributed by atoms with Crippen LogP contribution in [0.4, 0.5) is 0 Å². The highest BCUT2D eigenvalue weighted by atomic mass is 32.2. The average Bonchev–Trinajstić information content (AvgIpc) is 2.74. The first-order chi connectivity index (χ1) is 14.0. The van der Waals surface area contributed by atoms with Gasteiger partial charge in [-0.1, -0.05) is 30.3 Å². The van der Waals surface area contributed by atoms with E-state index >= 15 is 0 Å². The van der Waals surface area contributed by atoms with Crippen LogP contribution in [0, 0.1) is 0 Å². The summed E-state index contributed by atoms with van der Waals surface area (Å²) in [7, 11) is 1.26. The maximum atomic E-state index is 12.3. The van der Waals surface area contributed by atoms with Crippen molar-refractivity contribution >= 4 is 17.7 Å². The monoisotopic (exact) mass is 412 g/mol. The van der Waals surface area contributed by atoms with Crippen LogP contribution in [0.25, 0.3) is 0 Å². The van der Waals surface area contributed by atoms with E-state index in [0.717, 1.165) is 4.90 Å². The zero-order chi connectivity index (χ0) is 20.8. The zero-order valence-corrected chi connectivity index (χ0v) is 16.5. The van der Waals surface area contributed by atoms with E-state index < -0.39 is 23.1 Å². The third-order valence-electron chi connectivity index (χ3n) is 4.33. The summed E-state index contributed by atoms with van der Waals surface area (Å²) in [5.41, 5.74) is 0.0167. The van der Waals surface area contributed by atoms with Crippen LogP contribution in [0.5, 0.6) is 11.5 Å². The van der Waals surface area contributed by atoms with Crippen LogP contribution >= 0.6 is 11.8 Å². The fourth-order valence-electron chi connectivity index (χ4n) is 2.85. The molecule has 0 aliphatic heterocycles. The Morgan fingerprint density at radius 3 is 2.45 bits per heavy atom. The van der Waals surface area contributed by atoms with Gasteiger partial charge >= 0.3 is 5.97 Å². The molecular formula is C22H20O6S. The van der Waals surface area contributed by atoms with Crippen molar-refractivity contribution in [3.8, 4) is 11.5 Å². The Morgan fingerprint density at radius 2 is 1.79 bits per heavy atom. The summed E-state index contributed by atoms with van der Waals surface area (Å²) in [6.45, 7) is 0. The number of ether oxygens (including phenoxy) is 1. The number of rotatable bonds is 7. The molecule has 0 aliphatic rings. The van der Waals surface area contributed by atoms with Crippen molar-refractivity contribution in [3.63, 3.8) is 0 Å². The molecule has 0 radical (unpaired) electrons. The van der Waals surface area contributed by atoms with Gasteiger partial charge in [-0.2, -0.15) is 0 Å². The second-order valence-electron chi connectivity index (χ2n) is 6.32. The van der Waals surface area contributed by atoms with Gasteiger partial charge in [0.1, 0.15) is 11.5 Å². The second kappa shape index (κ2) is 9.34. The molecule has 2 N–H and O–H groups in total. The van der Waals surface area contributed by atoms with Crippen molar-refractivity contribution in [1.82, 2.24) is 0 Å². The summed E-state index contributed by atoms with van der Waals surface area (Å²) in [4.78, 5) is 25.3. The molecule has 1 aromatic heterocycles. The quantitative estimate of drug-likeness (QED) is 0.446. The number of hydrogen-bond acceptors (Lipinski definition) is 7. The molecule has 1 atom stereocenters. The van der Waals surface area contributed by atoms with Gasteiger partial charge in [0.25, 0.3) is 0 Å². The van der Waals surface area contributed by atoms with Gasteiger partial charge in [-0.3, -0.25) is 9.59 Å². The molecule has 7 heteroatoms. The van der Waals surface area contributed by atoms with Crippen LogP contribution in [-0.4, -0.2) is 23.3 Å². The molecule has 3 aromatic rings. The van der Waals surface area contributed by atoms with Crippen molar-refractivity contribution in [3.05, 3.63) is 88.0 Å². The number of esters is 1. The minimum atomic E-state index is -0.738. The standard InChI is InChI=1S/C22H20O6S/c1-27-20(25)12-18(14-7-9-15(23)10-8-14)22-21(26)19(24)11-16(28-22)13-29-17-5-3-2-4-6-17/h2-11,18,23,26H,12-13H2,1H3/t18-/m0/s1. The van der Waals surface area contributed by atoms with Gasteiger partial charge in [0.15, 0.2) is 5.76 Å². The number of thioether (sulfide) groups is 1. The van der Waals surface area contributed by atoms with E-state index in [0.29, 0.717) is 17.1 Å². The van der Waals surface area contributed by atoms with Gasteiger partial charge in [-0.25, -0.2) is 0 Å². The van der Waals surface area contributed by atoms with Crippen LogP contribution in [-0.2, 0) is 15.3 Å². The van der Waals surface area contributed by atoms with Gasteiger partial charge in [0.05, 0.1) is 25.2 Å². The summed E-state index contributed by atoms with van der Waals surface area (Å²) in [5, 5.41) is 19.9. The highest BCUT2D eigenvalue weighted by molar-refractivity contribution is 7.98. The van der Waals surface area contributed by atoms with E-state index in [1.54, 1.807) is 12.1 Å². The van der Waals surface area contributed by atoms with Gasteiger partial charge in [-0.15, -0.1) is 11.8 Å². The van der Waals surface area contributed by atoms with Gasteiger partial charge < -0.3 is 19.4 Å². The van der Waals surface area contributed by atoms with Crippen LogP contribution in [0.3, 0.4) is 0 Å². The summed E-state index contributed by atoms with van der Waals surface area (Å²) in [6, 6.07) is 17.0. The van der Waals surface area contributed by atoms with E-state index in [-0.39, 0.29) is 17.9 Å². The summed E-state index contributed by atoms with van der Waals surface area (Å²) >= 11 is 1.49. The minimum Gasteiger partial charge on any atom is -0.508 e. The van der Waals surface area contributed by atoms with Crippen molar-refractivity contribution in [2.45, 2.75) is 23.0 Å². The fraction of sp³-hybridized carbons (Fsp3) is 0.182. The molecule has 0 fully saturated rings. The summed E-state index contributed by atoms with van der Waals surface area (Å²) in [6.07, 6.45) is -0.132. The average molecular weight is 412 g/mol. The Labute approximate surface area is 171 Å². The molecule has 1 heterocycles. The molecule has 2 aromatic carbocycles. The first-order valence-electron chi connectivity index (χ1n) is 8.87. The highest BCUT2D eigenvalue weighted by Crippen LogP contribution is 2.35. The smallest absolute Gasteiger partial charge is 0.306 e. The number of carbonyl (C=O) groups is 1. The lowest BCUT2D eigenvalue weighted by Crippen LogP contribution is -2.14. The topological polar surface area (TPSA) is 97.0 Å². The number of benzene rings is 2. The van der Waals surface area contributed by atoms with E-state index in [9.17, 15) is 19.8 Å². The Hall–Kier alpha value is -3.19. The number of phenols is 1. The van der Waals surface area contributed by atoms with Gasteiger partial charge in [-0.05, 0) is 29.8 Å². The molecule has 29 heavy (non-hydrogen) atoms. The Kier molecular flexibility index (Phi) is 6.61. The molecule has 3 rings (SSSR count). The lowest BCUT2D eigenvalue weighted by Gasteiger charge is -2.17. The Morgan fingerprint density at radius 1 is 1.10 bits per heavy atom. The maximum Gasteiger partial charge on any atom is 0.306 e. The lowest BCUT2D eigenvalue weighted by atomic mass is 9.92. The van der Waals surface area contributed by atoms with Crippen molar-refractivity contribution in [2.75, 3.05) is 7.11 Å². The molecule has 0 aliphatic carbocycles. The normalized spacial score (nSPS) is 11.8. The van der Waals surface area contributed by atoms with Crippen LogP contribution in [0.2, 0.25) is 0 Å². The molecule has 0 saturated carbocycles. The number of carbonyl (C=O) groups excluding carboxylic acids is 1. The molecule has 0 amide bonds. The molecule has 0 unspecified atom stereocenters. The highest BCUT2D eigenvalue weighted by Gasteiger charge is 2.26. The molecule has 0 spiro atoms. The summed E-state index contributed by atoms with van der Waals surface area (Å²) in [5.74, 6) is -0.980. The number of phenolic OH excluding ortho intramolecular Hbond substituents is 1. The number of methoxy groups -OCH3 is 1. The zero-order valence-electron chi connectivity index (χ0n) is 15.7. The van der Waals surface area contributed by atoms with Crippen molar-refractivity contribution in [2.24, 2.45) is 0 Å². The molecule has 0 bridgehead atoms. The predicted molar refractivity (Wildman–Crippen MR) is 109 cm³/mol. The van der Waals surface area contributed by atoms with Crippen LogP contribution in [0.1, 0.15) is 29.4 Å². The first-order valence-corrected chi connectivity index (χ1v) is 9.86. The third kappa shape index (κ3) is 5.20. The minimum absolute atomic E-state index is 0.00254. The van der Waals surface area contributed by atoms with Crippen LogP contribution in [0.15, 0.2) is 74.8 Å². The number of hydrogen-bond donors (Lipinski definition) is 2. The van der Waals surface area contributed by atoms with Gasteiger partial charge in [0, 0.05) is 11.0 Å². The van der Waals surface area contributed by atoms with E-state index in [1.165, 1.54) is 37.1 Å². The predicted octanol–water partition coefficient (Wildman–Crippen LogP) is 4.04. The van der Waals surface area contributed by atoms with Crippen molar-refractivity contribution < 1.29 is 24.2 Å². The lowest BCUT2D eigenvalue weighted by molar-refractivity contribution is -0.140. The van der Waals surface area contributed by atoms with E-state index in [4.69, 9.17) is 9.15 Å². The fourth-order valence-corrected chi connectivity index (χ4v) is 3.65. The van der Waals surface area contributed by atoms with Crippen LogP contribution < -0.4 is 5.43 Å². The van der Waals surface area contributed by atoms with E-state index in [1.807, 2.05) is 30.3 Å².